The number of aromatic amines is 1. The monoisotopic (exact) mass is 384 g/mol. The number of fused-ring (bicyclic) bond motifs is 1. The lowest BCUT2D eigenvalue weighted by Crippen LogP contribution is -1.99. The maximum absolute atomic E-state index is 14.0. The molecule has 0 amide bonds. The summed E-state index contributed by atoms with van der Waals surface area (Å²) in [6.45, 7) is 1.81. The van der Waals surface area contributed by atoms with Crippen LogP contribution in [0.5, 0.6) is 0 Å². The van der Waals surface area contributed by atoms with Crippen molar-refractivity contribution in [3.63, 3.8) is 0 Å². The molecule has 3 aromatic carbocycles. The van der Waals surface area contributed by atoms with E-state index in [1.165, 1.54) is 36.4 Å². The molecule has 1 N–H and O–H groups in total. The first-order valence-corrected chi connectivity index (χ1v) is 8.77. The summed E-state index contributed by atoms with van der Waals surface area (Å²) in [7, 11) is 0. The molecule has 4 aromatic rings. The van der Waals surface area contributed by atoms with Gasteiger partial charge in [0.1, 0.15) is 29.1 Å². The van der Waals surface area contributed by atoms with Gasteiger partial charge < -0.3 is 4.98 Å². The fourth-order valence-electron chi connectivity index (χ4n) is 3.34. The van der Waals surface area contributed by atoms with Gasteiger partial charge in [-0.15, -0.1) is 0 Å². The molecule has 1 heterocycles. The van der Waals surface area contributed by atoms with Crippen LogP contribution in [-0.4, -0.2) is 9.97 Å². The third-order valence-electron chi connectivity index (χ3n) is 4.90. The number of aromatic nitrogens is 2. The Bertz CT molecular complexity index is 1140. The molecule has 0 saturated carbocycles. The van der Waals surface area contributed by atoms with Crippen molar-refractivity contribution in [1.29, 1.82) is 0 Å². The molecule has 0 radical (unpaired) electrons. The molecule has 28 heavy (non-hydrogen) atoms. The van der Waals surface area contributed by atoms with Crippen LogP contribution in [0.25, 0.3) is 11.0 Å². The van der Waals surface area contributed by atoms with Crippen LogP contribution in [0.15, 0.2) is 48.5 Å². The zero-order valence-corrected chi connectivity index (χ0v) is 15.0. The molecule has 4 rings (SSSR count). The first-order valence-electron chi connectivity index (χ1n) is 8.77. The van der Waals surface area contributed by atoms with Crippen molar-refractivity contribution < 1.29 is 17.6 Å². The fraction of sp³-hybridized carbons (Fsp3) is 0.136. The zero-order chi connectivity index (χ0) is 19.8. The van der Waals surface area contributed by atoms with Gasteiger partial charge in [0.15, 0.2) is 0 Å². The molecule has 0 aliphatic carbocycles. The van der Waals surface area contributed by atoms with Crippen molar-refractivity contribution in [2.24, 2.45) is 0 Å². The number of benzene rings is 3. The maximum Gasteiger partial charge on any atom is 0.129 e. The van der Waals surface area contributed by atoms with E-state index in [1.54, 1.807) is 12.1 Å². The van der Waals surface area contributed by atoms with Gasteiger partial charge in [0.25, 0.3) is 0 Å². The number of nitrogens with zero attached hydrogens (tertiary/aromatic N) is 1. The minimum absolute atomic E-state index is 0.00543. The van der Waals surface area contributed by atoms with Crippen LogP contribution < -0.4 is 0 Å². The van der Waals surface area contributed by atoms with Crippen molar-refractivity contribution in [3.8, 4) is 0 Å². The second kappa shape index (κ2) is 7.11. The highest BCUT2D eigenvalue weighted by atomic mass is 19.1. The van der Waals surface area contributed by atoms with Crippen molar-refractivity contribution in [2.75, 3.05) is 0 Å². The number of aryl methyl sites for hydroxylation is 1. The van der Waals surface area contributed by atoms with Gasteiger partial charge in [0, 0.05) is 24.0 Å². The van der Waals surface area contributed by atoms with E-state index in [9.17, 15) is 17.6 Å². The lowest BCUT2D eigenvalue weighted by molar-refractivity contribution is 0.559. The van der Waals surface area contributed by atoms with Gasteiger partial charge in [-0.1, -0.05) is 18.2 Å². The highest BCUT2D eigenvalue weighted by Gasteiger charge is 2.16. The Labute approximate surface area is 158 Å². The number of hydrogen-bond donors (Lipinski definition) is 1. The Morgan fingerprint density at radius 3 is 1.86 bits per heavy atom. The van der Waals surface area contributed by atoms with Gasteiger partial charge in [0.2, 0.25) is 0 Å². The molecule has 0 saturated heterocycles. The fourth-order valence-corrected chi connectivity index (χ4v) is 3.34. The molecule has 0 aliphatic rings. The van der Waals surface area contributed by atoms with Crippen LogP contribution in [0.2, 0.25) is 0 Å². The van der Waals surface area contributed by atoms with Crippen LogP contribution in [-0.2, 0) is 12.8 Å². The first kappa shape index (κ1) is 18.2. The van der Waals surface area contributed by atoms with Crippen molar-refractivity contribution in [1.82, 2.24) is 9.97 Å². The van der Waals surface area contributed by atoms with E-state index < -0.39 is 23.3 Å². The van der Waals surface area contributed by atoms with Crippen molar-refractivity contribution in [2.45, 2.75) is 19.8 Å². The molecule has 0 spiro atoms. The summed E-state index contributed by atoms with van der Waals surface area (Å²) in [5.41, 5.74) is 2.73. The number of nitrogens with one attached hydrogen (secondary N) is 1. The van der Waals surface area contributed by atoms with Crippen LogP contribution in [0.1, 0.15) is 28.1 Å². The lowest BCUT2D eigenvalue weighted by atomic mass is 9.99. The highest BCUT2D eigenvalue weighted by Crippen LogP contribution is 2.25. The third-order valence-corrected chi connectivity index (χ3v) is 4.90. The SMILES string of the molecule is Cc1c(Cc2c(F)cccc2F)ccc2[nH]c(Cc3c(F)cccc3F)nc12. The van der Waals surface area contributed by atoms with E-state index in [0.29, 0.717) is 16.9 Å². The average Bonchev–Trinajstić information content (AvgIpc) is 3.07. The van der Waals surface area contributed by atoms with E-state index in [1.807, 2.05) is 6.92 Å². The summed E-state index contributed by atoms with van der Waals surface area (Å²) in [6.07, 6.45) is 0.0638. The predicted molar refractivity (Wildman–Crippen MR) is 99.2 cm³/mol. The molecule has 142 valence electrons. The lowest BCUT2D eigenvalue weighted by Gasteiger charge is -2.08. The Balaban J connectivity index is 1.70. The van der Waals surface area contributed by atoms with Crippen molar-refractivity contribution in [3.05, 3.63) is 99.9 Å². The minimum Gasteiger partial charge on any atom is -0.342 e. The zero-order valence-electron chi connectivity index (χ0n) is 15.0. The van der Waals surface area contributed by atoms with Crippen LogP contribution in [0, 0.1) is 30.2 Å². The second-order valence-corrected chi connectivity index (χ2v) is 6.68. The standard InChI is InChI=1S/C22H16F4N2/c1-12-13(10-14-16(23)4-2-5-17(14)24)8-9-20-22(12)28-21(27-20)11-15-18(25)6-3-7-19(15)26/h2-9H,10-11H2,1H3,(H,27,28). The molecule has 0 aliphatic heterocycles. The molecule has 0 fully saturated rings. The molecular formula is C22H16F4N2. The maximum atomic E-state index is 14.0. The molecule has 0 unspecified atom stereocenters. The summed E-state index contributed by atoms with van der Waals surface area (Å²) in [4.78, 5) is 7.52. The molecule has 6 heteroatoms. The molecule has 0 atom stereocenters. The van der Waals surface area contributed by atoms with Gasteiger partial charge in [0.05, 0.1) is 11.0 Å². The van der Waals surface area contributed by atoms with Crippen LogP contribution in [0.4, 0.5) is 17.6 Å². The Morgan fingerprint density at radius 2 is 1.29 bits per heavy atom. The summed E-state index contributed by atoms with van der Waals surface area (Å²) in [5.74, 6) is -2.05. The number of hydrogen-bond acceptors (Lipinski definition) is 1. The number of rotatable bonds is 4. The normalized spacial score (nSPS) is 11.3. The van der Waals surface area contributed by atoms with Crippen LogP contribution >= 0.6 is 0 Å². The van der Waals surface area contributed by atoms with Crippen LogP contribution in [0.3, 0.4) is 0 Å². The van der Waals surface area contributed by atoms with Gasteiger partial charge in [-0.3, -0.25) is 0 Å². The number of halogens is 4. The first-order chi connectivity index (χ1) is 13.4. The molecule has 0 bridgehead atoms. The smallest absolute Gasteiger partial charge is 0.129 e. The van der Waals surface area contributed by atoms with E-state index >= 15 is 0 Å². The second-order valence-electron chi connectivity index (χ2n) is 6.68. The van der Waals surface area contributed by atoms with E-state index in [4.69, 9.17) is 0 Å². The summed E-state index contributed by atoms with van der Waals surface area (Å²) < 4.78 is 55.7. The minimum atomic E-state index is -0.632. The summed E-state index contributed by atoms with van der Waals surface area (Å²) in [5, 5.41) is 0. The Morgan fingerprint density at radius 1 is 0.750 bits per heavy atom. The quantitative estimate of drug-likeness (QED) is 0.455. The summed E-state index contributed by atoms with van der Waals surface area (Å²) >= 11 is 0. The highest BCUT2D eigenvalue weighted by molar-refractivity contribution is 5.80. The van der Waals surface area contributed by atoms with Gasteiger partial charge >= 0.3 is 0 Å². The molecule has 2 nitrogen and oxygen atoms in total. The largest absolute Gasteiger partial charge is 0.342 e. The average molecular weight is 384 g/mol. The Kier molecular flexibility index (Phi) is 4.63. The van der Waals surface area contributed by atoms with Gasteiger partial charge in [-0.25, -0.2) is 22.5 Å². The third kappa shape index (κ3) is 3.26. The van der Waals surface area contributed by atoms with Gasteiger partial charge in [-0.2, -0.15) is 0 Å². The molecular weight excluding hydrogens is 368 g/mol. The predicted octanol–water partition coefficient (Wildman–Crippen LogP) is 5.61. The van der Waals surface area contributed by atoms with Gasteiger partial charge in [-0.05, 0) is 48.4 Å². The van der Waals surface area contributed by atoms with E-state index in [0.717, 1.165) is 11.1 Å². The van der Waals surface area contributed by atoms with E-state index in [-0.39, 0.29) is 24.0 Å². The molecule has 1 aromatic heterocycles. The van der Waals surface area contributed by atoms with Crippen molar-refractivity contribution >= 4 is 11.0 Å². The topological polar surface area (TPSA) is 28.7 Å². The van der Waals surface area contributed by atoms with E-state index in [2.05, 4.69) is 9.97 Å². The summed E-state index contributed by atoms with van der Waals surface area (Å²) in [6, 6.07) is 11.0. The number of imidazole rings is 1. The Hall–Kier alpha value is -3.15. The number of H-pyrrole nitrogens is 1.